The Hall–Kier alpha value is -1.36. The summed E-state index contributed by atoms with van der Waals surface area (Å²) in [7, 11) is 0. The first-order chi connectivity index (χ1) is 7.65. The number of aromatic nitrogens is 2. The van der Waals surface area contributed by atoms with Crippen molar-refractivity contribution in [3.63, 3.8) is 0 Å². The average Bonchev–Trinajstić information content (AvgIpc) is 2.26. The Morgan fingerprint density at radius 3 is 2.88 bits per heavy atom. The van der Waals surface area contributed by atoms with Crippen LogP contribution in [0, 0.1) is 5.92 Å². The highest BCUT2D eigenvalue weighted by Gasteiger charge is 2.04. The van der Waals surface area contributed by atoms with Crippen LogP contribution in [0.25, 0.3) is 0 Å². The van der Waals surface area contributed by atoms with Crippen molar-refractivity contribution in [2.45, 2.75) is 26.7 Å². The van der Waals surface area contributed by atoms with Gasteiger partial charge in [-0.2, -0.15) is 0 Å². The molecule has 16 heavy (non-hydrogen) atoms. The fourth-order valence-corrected chi connectivity index (χ4v) is 1.37. The molecular formula is C11H20N4O. The molecule has 0 saturated carbocycles. The van der Waals surface area contributed by atoms with E-state index >= 15 is 0 Å². The van der Waals surface area contributed by atoms with Gasteiger partial charge in [0, 0.05) is 25.6 Å². The number of hydrogen-bond donors (Lipinski definition) is 3. The van der Waals surface area contributed by atoms with Gasteiger partial charge in [0.05, 0.1) is 0 Å². The van der Waals surface area contributed by atoms with Crippen LogP contribution >= 0.6 is 0 Å². The summed E-state index contributed by atoms with van der Waals surface area (Å²) >= 11 is 0. The molecule has 0 aromatic carbocycles. The van der Waals surface area contributed by atoms with Crippen LogP contribution in [-0.2, 0) is 6.42 Å². The SMILES string of the molecule is CCc1nc(N)cc(NCC(C)CCO)n1. The van der Waals surface area contributed by atoms with Crippen LogP contribution in [0.2, 0.25) is 0 Å². The standard InChI is InChI=1S/C11H20N4O/c1-3-10-14-9(12)6-11(15-10)13-7-8(2)4-5-16/h6,8,16H,3-5,7H2,1-2H3,(H3,12,13,14,15). The van der Waals surface area contributed by atoms with Crippen LogP contribution in [0.3, 0.4) is 0 Å². The molecule has 1 unspecified atom stereocenters. The minimum Gasteiger partial charge on any atom is -0.396 e. The number of nitrogen functional groups attached to an aromatic ring is 1. The number of hydrogen-bond acceptors (Lipinski definition) is 5. The fourth-order valence-electron chi connectivity index (χ4n) is 1.37. The molecule has 1 aromatic rings. The number of aliphatic hydroxyl groups is 1. The maximum absolute atomic E-state index is 8.79. The van der Waals surface area contributed by atoms with Crippen molar-refractivity contribution < 1.29 is 5.11 Å². The normalized spacial score (nSPS) is 12.4. The van der Waals surface area contributed by atoms with E-state index in [-0.39, 0.29) is 6.61 Å². The Morgan fingerprint density at radius 2 is 2.25 bits per heavy atom. The van der Waals surface area contributed by atoms with E-state index in [1.807, 2.05) is 6.92 Å². The molecule has 0 saturated heterocycles. The van der Waals surface area contributed by atoms with Crippen LogP contribution < -0.4 is 11.1 Å². The smallest absolute Gasteiger partial charge is 0.132 e. The highest BCUT2D eigenvalue weighted by molar-refractivity contribution is 5.44. The Labute approximate surface area is 96.1 Å². The maximum atomic E-state index is 8.79. The van der Waals surface area contributed by atoms with Gasteiger partial charge >= 0.3 is 0 Å². The Morgan fingerprint density at radius 1 is 1.50 bits per heavy atom. The van der Waals surface area contributed by atoms with E-state index in [0.717, 1.165) is 31.0 Å². The highest BCUT2D eigenvalue weighted by Crippen LogP contribution is 2.10. The highest BCUT2D eigenvalue weighted by atomic mass is 16.3. The predicted molar refractivity (Wildman–Crippen MR) is 65.2 cm³/mol. The molecular weight excluding hydrogens is 204 g/mol. The molecule has 90 valence electrons. The van der Waals surface area contributed by atoms with E-state index in [0.29, 0.717) is 11.7 Å². The first kappa shape index (κ1) is 12.7. The summed E-state index contributed by atoms with van der Waals surface area (Å²) in [5, 5.41) is 12.0. The third kappa shape index (κ3) is 4.02. The molecule has 0 radical (unpaired) electrons. The molecule has 1 heterocycles. The van der Waals surface area contributed by atoms with Gasteiger partial charge in [-0.05, 0) is 12.3 Å². The average molecular weight is 224 g/mol. The second kappa shape index (κ2) is 6.27. The summed E-state index contributed by atoms with van der Waals surface area (Å²) in [5.74, 6) is 2.40. The summed E-state index contributed by atoms with van der Waals surface area (Å²) in [6.45, 7) is 5.07. The number of anilines is 2. The molecule has 0 spiro atoms. The lowest BCUT2D eigenvalue weighted by Gasteiger charge is -2.12. The Balaban J connectivity index is 2.56. The molecule has 4 N–H and O–H groups in total. The third-order valence-electron chi connectivity index (χ3n) is 2.36. The molecule has 0 bridgehead atoms. The minimum absolute atomic E-state index is 0.217. The third-order valence-corrected chi connectivity index (χ3v) is 2.36. The van der Waals surface area contributed by atoms with Gasteiger partial charge in [0.2, 0.25) is 0 Å². The molecule has 1 aromatic heterocycles. The fraction of sp³-hybridized carbons (Fsp3) is 0.636. The summed E-state index contributed by atoms with van der Waals surface area (Å²) < 4.78 is 0. The summed E-state index contributed by atoms with van der Waals surface area (Å²) in [4.78, 5) is 8.42. The number of nitrogens with one attached hydrogen (secondary N) is 1. The van der Waals surface area contributed by atoms with Crippen molar-refractivity contribution in [2.24, 2.45) is 5.92 Å². The predicted octanol–water partition coefficient (Wildman–Crippen LogP) is 1.05. The van der Waals surface area contributed by atoms with Crippen LogP contribution in [0.4, 0.5) is 11.6 Å². The Bertz CT molecular complexity index is 330. The van der Waals surface area contributed by atoms with Gasteiger partial charge in [-0.15, -0.1) is 0 Å². The summed E-state index contributed by atoms with van der Waals surface area (Å²) in [5.41, 5.74) is 5.67. The Kier molecular flexibility index (Phi) is 4.98. The summed E-state index contributed by atoms with van der Waals surface area (Å²) in [6.07, 6.45) is 1.56. The zero-order valence-corrected chi connectivity index (χ0v) is 9.90. The molecule has 5 heteroatoms. The lowest BCUT2D eigenvalue weighted by Crippen LogP contribution is -2.14. The maximum Gasteiger partial charge on any atom is 0.132 e. The molecule has 0 aliphatic heterocycles. The number of nitrogens with zero attached hydrogens (tertiary/aromatic N) is 2. The van der Waals surface area contributed by atoms with Gasteiger partial charge in [0.15, 0.2) is 0 Å². The van der Waals surface area contributed by atoms with Gasteiger partial charge in [-0.25, -0.2) is 9.97 Å². The van der Waals surface area contributed by atoms with Crippen LogP contribution in [0.15, 0.2) is 6.07 Å². The second-order valence-electron chi connectivity index (χ2n) is 3.95. The van der Waals surface area contributed by atoms with Crippen LogP contribution in [-0.4, -0.2) is 28.2 Å². The molecule has 0 amide bonds. The molecule has 5 nitrogen and oxygen atoms in total. The van der Waals surface area contributed by atoms with Crippen molar-refractivity contribution in [1.29, 1.82) is 0 Å². The van der Waals surface area contributed by atoms with Gasteiger partial charge in [0.1, 0.15) is 17.5 Å². The van der Waals surface area contributed by atoms with Gasteiger partial charge in [0.25, 0.3) is 0 Å². The first-order valence-corrected chi connectivity index (χ1v) is 5.63. The molecule has 1 rings (SSSR count). The van der Waals surface area contributed by atoms with E-state index in [9.17, 15) is 0 Å². The monoisotopic (exact) mass is 224 g/mol. The van der Waals surface area contributed by atoms with Crippen molar-refractivity contribution in [3.05, 3.63) is 11.9 Å². The van der Waals surface area contributed by atoms with Crippen molar-refractivity contribution in [2.75, 3.05) is 24.2 Å². The van der Waals surface area contributed by atoms with E-state index < -0.39 is 0 Å². The van der Waals surface area contributed by atoms with Gasteiger partial charge < -0.3 is 16.2 Å². The van der Waals surface area contributed by atoms with Crippen LogP contribution in [0.5, 0.6) is 0 Å². The second-order valence-corrected chi connectivity index (χ2v) is 3.95. The lowest BCUT2D eigenvalue weighted by molar-refractivity contribution is 0.266. The molecule has 0 aliphatic carbocycles. The van der Waals surface area contributed by atoms with E-state index in [4.69, 9.17) is 10.8 Å². The number of nitrogens with two attached hydrogens (primary N) is 1. The van der Waals surface area contributed by atoms with E-state index in [1.165, 1.54) is 0 Å². The number of rotatable bonds is 6. The van der Waals surface area contributed by atoms with E-state index in [1.54, 1.807) is 6.07 Å². The zero-order chi connectivity index (χ0) is 12.0. The number of aliphatic hydroxyl groups excluding tert-OH is 1. The quantitative estimate of drug-likeness (QED) is 0.672. The van der Waals surface area contributed by atoms with Gasteiger partial charge in [-0.1, -0.05) is 13.8 Å². The van der Waals surface area contributed by atoms with Crippen molar-refractivity contribution in [1.82, 2.24) is 9.97 Å². The zero-order valence-electron chi connectivity index (χ0n) is 9.90. The molecule has 1 atom stereocenters. The van der Waals surface area contributed by atoms with Crippen molar-refractivity contribution >= 4 is 11.6 Å². The summed E-state index contributed by atoms with van der Waals surface area (Å²) in [6, 6.07) is 1.73. The van der Waals surface area contributed by atoms with Crippen molar-refractivity contribution in [3.8, 4) is 0 Å². The first-order valence-electron chi connectivity index (χ1n) is 5.63. The lowest BCUT2D eigenvalue weighted by atomic mass is 10.1. The minimum atomic E-state index is 0.217. The topological polar surface area (TPSA) is 84.1 Å². The number of aryl methyl sites for hydroxylation is 1. The van der Waals surface area contributed by atoms with Gasteiger partial charge in [-0.3, -0.25) is 0 Å². The van der Waals surface area contributed by atoms with Crippen LogP contribution in [0.1, 0.15) is 26.1 Å². The molecule has 0 aliphatic rings. The molecule has 0 fully saturated rings. The van der Waals surface area contributed by atoms with E-state index in [2.05, 4.69) is 22.2 Å². The largest absolute Gasteiger partial charge is 0.396 e.